The lowest BCUT2D eigenvalue weighted by molar-refractivity contribution is 0.591. The van der Waals surface area contributed by atoms with E-state index in [0.717, 1.165) is 66.6 Å². The molecule has 2 aromatic heterocycles. The van der Waals surface area contributed by atoms with Gasteiger partial charge >= 0.3 is 0 Å². The molecule has 0 N–H and O–H groups in total. The van der Waals surface area contributed by atoms with Gasteiger partial charge in [-0.15, -0.1) is 0 Å². The molecule has 58 heavy (non-hydrogen) atoms. The second-order valence-corrected chi connectivity index (χ2v) is 18.1. The van der Waals surface area contributed by atoms with Gasteiger partial charge < -0.3 is 14.0 Å². The number of fused-ring (bicyclic) bond motifs is 10. The highest BCUT2D eigenvalue weighted by Crippen LogP contribution is 2.45. The normalized spacial score (nSPS) is 13.2. The third-order valence-electron chi connectivity index (χ3n) is 12.6. The van der Waals surface area contributed by atoms with Gasteiger partial charge in [-0.3, -0.25) is 0 Å². The maximum atomic E-state index is 10.4. The van der Waals surface area contributed by atoms with E-state index in [9.17, 15) is 10.5 Å². The lowest BCUT2D eigenvalue weighted by Gasteiger charge is -2.40. The number of aromatic nitrogens is 2. The smallest absolute Gasteiger partial charge is 0.252 e. The Kier molecular flexibility index (Phi) is 6.95. The predicted octanol–water partition coefficient (Wildman–Crippen LogP) is 10.8. The van der Waals surface area contributed by atoms with E-state index in [1.54, 1.807) is 0 Å². The van der Waals surface area contributed by atoms with Crippen LogP contribution in [0.4, 0.5) is 17.1 Å². The van der Waals surface area contributed by atoms with Crippen molar-refractivity contribution in [1.82, 2.24) is 9.13 Å². The Bertz CT molecular complexity index is 3270. The van der Waals surface area contributed by atoms with Gasteiger partial charge in [-0.1, -0.05) is 102 Å². The van der Waals surface area contributed by atoms with Gasteiger partial charge in [-0.2, -0.15) is 10.5 Å². The van der Waals surface area contributed by atoms with Gasteiger partial charge in [0.2, 0.25) is 0 Å². The fraction of sp³-hybridized carbons (Fsp3) is 0.154. The van der Waals surface area contributed by atoms with E-state index in [-0.39, 0.29) is 17.5 Å². The predicted molar refractivity (Wildman–Crippen MR) is 241 cm³/mol. The second-order valence-electron chi connectivity index (χ2n) is 18.1. The van der Waals surface area contributed by atoms with Crippen LogP contribution in [-0.4, -0.2) is 15.8 Å². The summed E-state index contributed by atoms with van der Waals surface area (Å²) in [6.07, 6.45) is 0. The van der Waals surface area contributed by atoms with Crippen molar-refractivity contribution >= 4 is 83.8 Å². The Balaban J connectivity index is 1.35. The Hall–Kier alpha value is -7.02. The Labute approximate surface area is 338 Å². The second kappa shape index (κ2) is 11.8. The van der Waals surface area contributed by atoms with Crippen LogP contribution < -0.4 is 21.3 Å². The van der Waals surface area contributed by atoms with Gasteiger partial charge in [0.25, 0.3) is 6.71 Å². The molecule has 0 fully saturated rings. The number of nitriles is 2. The van der Waals surface area contributed by atoms with Crippen LogP contribution in [0.5, 0.6) is 0 Å². The lowest BCUT2D eigenvalue weighted by Crippen LogP contribution is -2.60. The van der Waals surface area contributed by atoms with Crippen LogP contribution >= 0.6 is 0 Å². The standard InChI is InChI=1S/C52H40BN5/c1-51(2,3)33-17-19-38-39-20-18-34(52(4,5)6)26-46(39)57(45(38)25-33)36-27-47-49-48(28-36)58-43-15-11-10-14-37(43)40-22-32(30-55)24-42(50(40)58)53(49)41-23-31(29-54)16-21-44(41)56(47)35-12-8-7-9-13-35/h7-28H,1-6H3. The molecule has 0 saturated carbocycles. The number of rotatable bonds is 2. The zero-order valence-corrected chi connectivity index (χ0v) is 33.5. The third kappa shape index (κ3) is 4.70. The fourth-order valence-electron chi connectivity index (χ4n) is 9.82. The maximum Gasteiger partial charge on any atom is 0.252 e. The summed E-state index contributed by atoms with van der Waals surface area (Å²) < 4.78 is 4.94. The number of nitrogens with zero attached hydrogens (tertiary/aromatic N) is 5. The summed E-state index contributed by atoms with van der Waals surface area (Å²) in [4.78, 5) is 2.38. The summed E-state index contributed by atoms with van der Waals surface area (Å²) in [6.45, 7) is 13.5. The third-order valence-corrected chi connectivity index (χ3v) is 12.6. The molecule has 11 rings (SSSR count). The monoisotopic (exact) mass is 745 g/mol. The van der Waals surface area contributed by atoms with E-state index < -0.39 is 0 Å². The molecule has 6 heteroatoms. The summed E-state index contributed by atoms with van der Waals surface area (Å²) in [6, 6.07) is 53.1. The van der Waals surface area contributed by atoms with Crippen molar-refractivity contribution in [2.75, 3.05) is 4.90 Å². The molecule has 9 aromatic rings. The molecule has 0 bridgehead atoms. The van der Waals surface area contributed by atoms with Crippen LogP contribution in [0.2, 0.25) is 0 Å². The molecule has 7 aromatic carbocycles. The Morgan fingerprint density at radius 1 is 0.466 bits per heavy atom. The molecule has 2 aliphatic heterocycles. The van der Waals surface area contributed by atoms with Crippen LogP contribution in [0.1, 0.15) is 63.8 Å². The van der Waals surface area contributed by atoms with Crippen LogP contribution in [0, 0.1) is 22.7 Å². The molecule has 0 radical (unpaired) electrons. The van der Waals surface area contributed by atoms with Gasteiger partial charge in [0.15, 0.2) is 0 Å². The van der Waals surface area contributed by atoms with Crippen molar-refractivity contribution in [1.29, 1.82) is 10.5 Å². The number of hydrogen-bond acceptors (Lipinski definition) is 3. The van der Waals surface area contributed by atoms with Crippen LogP contribution in [0.3, 0.4) is 0 Å². The van der Waals surface area contributed by atoms with E-state index in [4.69, 9.17) is 0 Å². The van der Waals surface area contributed by atoms with Crippen LogP contribution in [0.25, 0.3) is 55.0 Å². The molecule has 4 heterocycles. The molecule has 0 aliphatic carbocycles. The number of anilines is 3. The van der Waals surface area contributed by atoms with E-state index in [2.05, 4.69) is 189 Å². The largest absolute Gasteiger partial charge is 0.311 e. The van der Waals surface area contributed by atoms with Crippen molar-refractivity contribution in [3.63, 3.8) is 0 Å². The highest BCUT2D eigenvalue weighted by atomic mass is 15.2. The average molecular weight is 746 g/mol. The molecule has 276 valence electrons. The van der Waals surface area contributed by atoms with Crippen molar-refractivity contribution < 1.29 is 0 Å². The van der Waals surface area contributed by atoms with Gasteiger partial charge in [0.05, 0.1) is 45.5 Å². The molecule has 0 spiro atoms. The van der Waals surface area contributed by atoms with Crippen molar-refractivity contribution in [3.8, 4) is 23.5 Å². The highest BCUT2D eigenvalue weighted by Gasteiger charge is 2.43. The molecule has 0 atom stereocenters. The van der Waals surface area contributed by atoms with Gasteiger partial charge in [-0.05, 0) is 111 Å². The van der Waals surface area contributed by atoms with E-state index in [1.165, 1.54) is 32.9 Å². The summed E-state index contributed by atoms with van der Waals surface area (Å²) >= 11 is 0. The van der Waals surface area contributed by atoms with Gasteiger partial charge in [0.1, 0.15) is 0 Å². The number of para-hydroxylation sites is 2. The molecule has 0 unspecified atom stereocenters. The molecular weight excluding hydrogens is 705 g/mol. The number of hydrogen-bond donors (Lipinski definition) is 0. The van der Waals surface area contributed by atoms with Gasteiger partial charge in [0, 0.05) is 49.8 Å². The molecular formula is C52H40BN5. The minimum Gasteiger partial charge on any atom is -0.311 e. The van der Waals surface area contributed by atoms with Gasteiger partial charge in [-0.25, -0.2) is 0 Å². The first kappa shape index (κ1) is 34.3. The zero-order valence-electron chi connectivity index (χ0n) is 33.5. The van der Waals surface area contributed by atoms with Crippen molar-refractivity contribution in [3.05, 3.63) is 156 Å². The molecule has 0 amide bonds. The van der Waals surface area contributed by atoms with Crippen LogP contribution in [0.15, 0.2) is 133 Å². The minimum atomic E-state index is -0.215. The summed E-state index contributed by atoms with van der Waals surface area (Å²) in [7, 11) is 0. The van der Waals surface area contributed by atoms with Crippen molar-refractivity contribution in [2.45, 2.75) is 52.4 Å². The Morgan fingerprint density at radius 3 is 1.72 bits per heavy atom. The SMILES string of the molecule is CC(C)(C)c1ccc2c3ccc(C(C)(C)C)cc3n(-c3cc4c5c(c3)-n3c6ccccc6c6cc(C#N)cc(c63)B5c3cc(C#N)ccc3N4c3ccccc3)c2c1. The Morgan fingerprint density at radius 2 is 1.07 bits per heavy atom. The lowest BCUT2D eigenvalue weighted by atomic mass is 9.33. The molecule has 5 nitrogen and oxygen atoms in total. The highest BCUT2D eigenvalue weighted by molar-refractivity contribution is 7.00. The van der Waals surface area contributed by atoms with Crippen molar-refractivity contribution in [2.24, 2.45) is 0 Å². The molecule has 2 aliphatic rings. The topological polar surface area (TPSA) is 60.7 Å². The first-order valence-corrected chi connectivity index (χ1v) is 20.1. The first-order chi connectivity index (χ1) is 27.9. The summed E-state index contributed by atoms with van der Waals surface area (Å²) in [5.41, 5.74) is 16.9. The number of benzene rings is 7. The quantitative estimate of drug-likeness (QED) is 0.166. The fourth-order valence-corrected chi connectivity index (χ4v) is 9.82. The maximum absolute atomic E-state index is 10.4. The molecule has 0 saturated heterocycles. The van der Waals surface area contributed by atoms with Crippen LogP contribution in [-0.2, 0) is 10.8 Å². The minimum absolute atomic E-state index is 0.0428. The first-order valence-electron chi connectivity index (χ1n) is 20.1. The van der Waals surface area contributed by atoms with E-state index >= 15 is 0 Å². The van der Waals surface area contributed by atoms with E-state index in [1.807, 2.05) is 12.1 Å². The average Bonchev–Trinajstić information content (AvgIpc) is 3.74. The summed E-state index contributed by atoms with van der Waals surface area (Å²) in [5, 5.41) is 25.4. The van der Waals surface area contributed by atoms with E-state index in [0.29, 0.717) is 11.1 Å². The zero-order chi connectivity index (χ0) is 39.8. The summed E-state index contributed by atoms with van der Waals surface area (Å²) in [5.74, 6) is 0.